The van der Waals surface area contributed by atoms with Crippen LogP contribution in [0.1, 0.15) is 80.5 Å². The van der Waals surface area contributed by atoms with Gasteiger partial charge in [-0.3, -0.25) is 9.20 Å². The van der Waals surface area contributed by atoms with E-state index in [0.29, 0.717) is 42.8 Å². The summed E-state index contributed by atoms with van der Waals surface area (Å²) in [6, 6.07) is 10.5. The third-order valence-electron chi connectivity index (χ3n) is 8.71. The number of alkyl halides is 1. The van der Waals surface area contributed by atoms with Crippen molar-refractivity contribution in [2.45, 2.75) is 77.6 Å². The van der Waals surface area contributed by atoms with Crippen molar-refractivity contribution >= 4 is 38.5 Å². The Bertz CT molecular complexity index is 1720. The van der Waals surface area contributed by atoms with Crippen LogP contribution in [0.2, 0.25) is 0 Å². The molecule has 0 bridgehead atoms. The van der Waals surface area contributed by atoms with Gasteiger partial charge >= 0.3 is 6.09 Å². The van der Waals surface area contributed by atoms with E-state index in [-0.39, 0.29) is 23.9 Å². The molecule has 11 heteroatoms. The Hall–Kier alpha value is -3.57. The molecule has 2 aliphatic rings. The Morgan fingerprint density at radius 3 is 2.60 bits per heavy atom. The molecule has 2 aliphatic heterocycles. The van der Waals surface area contributed by atoms with E-state index in [1.807, 2.05) is 56.4 Å². The van der Waals surface area contributed by atoms with Crippen molar-refractivity contribution < 1.29 is 23.1 Å². The molecule has 0 unspecified atom stereocenters. The molecule has 2 fully saturated rings. The van der Waals surface area contributed by atoms with Gasteiger partial charge in [-0.15, -0.1) is 0 Å². The molecule has 4 heterocycles. The molecule has 45 heavy (non-hydrogen) atoms. The predicted molar refractivity (Wildman–Crippen MR) is 173 cm³/mol. The highest BCUT2D eigenvalue weighted by Gasteiger charge is 2.33. The quantitative estimate of drug-likeness (QED) is 0.215. The van der Waals surface area contributed by atoms with E-state index < -0.39 is 11.8 Å². The number of carbonyl (C=O) groups excluding carboxylic acids is 2. The minimum Gasteiger partial charge on any atom is -0.444 e. The second kappa shape index (κ2) is 12.7. The summed E-state index contributed by atoms with van der Waals surface area (Å²) in [5.74, 6) is -0.509. The number of ether oxygens (including phenoxy) is 1. The van der Waals surface area contributed by atoms with E-state index >= 15 is 4.39 Å². The molecular formula is C34H41F2N5O3S. The molecule has 0 radical (unpaired) electrons. The largest absolute Gasteiger partial charge is 0.444 e. The first-order chi connectivity index (χ1) is 21.5. The lowest BCUT2D eigenvalue weighted by Gasteiger charge is -2.29. The highest BCUT2D eigenvalue weighted by Crippen LogP contribution is 2.37. The summed E-state index contributed by atoms with van der Waals surface area (Å²) in [4.78, 5) is 35.1. The van der Waals surface area contributed by atoms with Gasteiger partial charge in [-0.1, -0.05) is 17.4 Å². The third kappa shape index (κ3) is 6.70. The first kappa shape index (κ1) is 31.4. The van der Waals surface area contributed by atoms with Crippen molar-refractivity contribution in [1.82, 2.24) is 24.5 Å². The number of rotatable bonds is 7. The van der Waals surface area contributed by atoms with Gasteiger partial charge in [0.2, 0.25) is 0 Å². The average molecular weight is 638 g/mol. The maximum Gasteiger partial charge on any atom is 0.410 e. The van der Waals surface area contributed by atoms with Gasteiger partial charge in [0.25, 0.3) is 5.91 Å². The number of imidazole rings is 1. The number of nitrogens with zero attached hydrogens (tertiary/aromatic N) is 4. The smallest absolute Gasteiger partial charge is 0.410 e. The summed E-state index contributed by atoms with van der Waals surface area (Å²) in [5, 5.41) is 3.00. The SMILES string of the molecule is Cc1c(-c2ccc([C@@H]3CCCN3C(=O)OC(C)(C)C)cc2F)nc2sc3cc(C(=O)NCCCN4CCC(F)CC4)ccc3n12. The number of aromatic nitrogens is 2. The van der Waals surface area contributed by atoms with Crippen LogP contribution in [0.15, 0.2) is 36.4 Å². The predicted octanol–water partition coefficient (Wildman–Crippen LogP) is 7.29. The van der Waals surface area contributed by atoms with Crippen molar-refractivity contribution in [3.05, 3.63) is 59.0 Å². The Morgan fingerprint density at radius 2 is 1.87 bits per heavy atom. The maximum absolute atomic E-state index is 15.7. The number of thiazole rings is 1. The van der Waals surface area contributed by atoms with Gasteiger partial charge in [0.05, 0.1) is 22.0 Å². The van der Waals surface area contributed by atoms with Gasteiger partial charge in [0, 0.05) is 43.0 Å². The molecule has 2 saturated heterocycles. The summed E-state index contributed by atoms with van der Waals surface area (Å²) in [6.45, 7) is 11.0. The van der Waals surface area contributed by atoms with E-state index in [1.165, 1.54) is 17.4 Å². The summed E-state index contributed by atoms with van der Waals surface area (Å²) in [7, 11) is 0. The van der Waals surface area contributed by atoms with Gasteiger partial charge in [-0.25, -0.2) is 18.6 Å². The normalized spacial score (nSPS) is 18.3. The monoisotopic (exact) mass is 637 g/mol. The number of halogens is 2. The number of likely N-dealkylation sites (tertiary alicyclic amines) is 2. The second-order valence-electron chi connectivity index (χ2n) is 13.1. The fraction of sp³-hybridized carbons (Fsp3) is 0.500. The van der Waals surface area contributed by atoms with E-state index in [1.54, 1.807) is 11.0 Å². The molecule has 1 N–H and O–H groups in total. The van der Waals surface area contributed by atoms with Gasteiger partial charge in [-0.05, 0) is 102 Å². The maximum atomic E-state index is 15.7. The molecule has 0 saturated carbocycles. The standard InChI is InChI=1S/C34H41F2N5O3S/c1-21-30(25-10-8-22(19-26(25)36)27-7-5-16-40(27)33(43)44-34(2,3)4)38-32-41(21)28-11-9-23(20-29(28)45-32)31(42)37-14-6-15-39-17-12-24(35)13-18-39/h8-11,19-20,24,27H,5-7,12-18H2,1-4H3,(H,37,42)/t27-/m0/s1. The number of benzene rings is 2. The molecule has 0 aliphatic carbocycles. The molecule has 6 rings (SSSR count). The summed E-state index contributed by atoms with van der Waals surface area (Å²) in [6.07, 6.45) is 2.54. The number of hydrogen-bond donors (Lipinski definition) is 1. The molecular weight excluding hydrogens is 596 g/mol. The van der Waals surface area contributed by atoms with Crippen molar-refractivity contribution in [3.63, 3.8) is 0 Å². The van der Waals surface area contributed by atoms with Crippen LogP contribution in [-0.4, -0.2) is 75.7 Å². The number of nitrogens with one attached hydrogen (secondary N) is 1. The number of fused-ring (bicyclic) bond motifs is 3. The van der Waals surface area contributed by atoms with E-state index in [4.69, 9.17) is 9.72 Å². The molecule has 0 spiro atoms. The van der Waals surface area contributed by atoms with Crippen molar-refractivity contribution in [3.8, 4) is 11.3 Å². The number of amides is 2. The van der Waals surface area contributed by atoms with Crippen molar-refractivity contribution in [2.75, 3.05) is 32.7 Å². The van der Waals surface area contributed by atoms with Crippen LogP contribution in [0.5, 0.6) is 0 Å². The van der Waals surface area contributed by atoms with Crippen LogP contribution in [0.25, 0.3) is 26.4 Å². The number of carbonyl (C=O) groups is 2. The Kier molecular flexibility index (Phi) is 8.85. The second-order valence-corrected chi connectivity index (χ2v) is 14.2. The Balaban J connectivity index is 1.15. The summed E-state index contributed by atoms with van der Waals surface area (Å²) in [5.41, 5.74) is 3.43. The zero-order valence-corrected chi connectivity index (χ0v) is 27.2. The van der Waals surface area contributed by atoms with Crippen LogP contribution >= 0.6 is 11.3 Å². The lowest BCUT2D eigenvalue weighted by atomic mass is 10.0. The fourth-order valence-corrected chi connectivity index (χ4v) is 7.53. The van der Waals surface area contributed by atoms with Crippen LogP contribution in [0.4, 0.5) is 13.6 Å². The Morgan fingerprint density at radius 1 is 1.09 bits per heavy atom. The highest BCUT2D eigenvalue weighted by molar-refractivity contribution is 7.23. The van der Waals surface area contributed by atoms with Gasteiger partial charge < -0.3 is 19.9 Å². The Labute approximate surface area is 266 Å². The topological polar surface area (TPSA) is 79.2 Å². The van der Waals surface area contributed by atoms with E-state index in [0.717, 1.165) is 65.3 Å². The zero-order valence-electron chi connectivity index (χ0n) is 26.4. The van der Waals surface area contributed by atoms with Gasteiger partial charge in [0.15, 0.2) is 4.96 Å². The van der Waals surface area contributed by atoms with E-state index in [9.17, 15) is 14.0 Å². The highest BCUT2D eigenvalue weighted by atomic mass is 32.1. The minimum absolute atomic E-state index is 0.127. The summed E-state index contributed by atoms with van der Waals surface area (Å²) >= 11 is 1.46. The lowest BCUT2D eigenvalue weighted by molar-refractivity contribution is 0.0224. The molecule has 2 aromatic heterocycles. The van der Waals surface area contributed by atoms with E-state index in [2.05, 4.69) is 10.2 Å². The van der Waals surface area contributed by atoms with Crippen LogP contribution < -0.4 is 5.32 Å². The average Bonchev–Trinajstić information content (AvgIpc) is 3.70. The number of piperidine rings is 1. The molecule has 2 amide bonds. The third-order valence-corrected chi connectivity index (χ3v) is 9.71. The fourth-order valence-electron chi connectivity index (χ4n) is 6.42. The molecule has 8 nitrogen and oxygen atoms in total. The van der Waals surface area contributed by atoms with Crippen LogP contribution in [-0.2, 0) is 4.74 Å². The van der Waals surface area contributed by atoms with Gasteiger partial charge in [0.1, 0.15) is 17.6 Å². The summed E-state index contributed by atoms with van der Waals surface area (Å²) < 4.78 is 37.5. The molecule has 2 aromatic carbocycles. The first-order valence-electron chi connectivity index (χ1n) is 15.8. The first-order valence-corrected chi connectivity index (χ1v) is 16.7. The number of aryl methyl sites for hydroxylation is 1. The van der Waals surface area contributed by atoms with Crippen molar-refractivity contribution in [1.29, 1.82) is 0 Å². The molecule has 1 atom stereocenters. The number of hydrogen-bond acceptors (Lipinski definition) is 6. The minimum atomic E-state index is -0.680. The van der Waals surface area contributed by atoms with Crippen LogP contribution in [0.3, 0.4) is 0 Å². The zero-order chi connectivity index (χ0) is 31.9. The van der Waals surface area contributed by atoms with Crippen LogP contribution in [0, 0.1) is 12.7 Å². The van der Waals surface area contributed by atoms with Gasteiger partial charge in [-0.2, -0.15) is 0 Å². The molecule has 240 valence electrons. The lowest BCUT2D eigenvalue weighted by Crippen LogP contribution is -2.36. The molecule has 4 aromatic rings. The van der Waals surface area contributed by atoms with Crippen molar-refractivity contribution in [2.24, 2.45) is 0 Å².